The molecule has 0 saturated carbocycles. The Morgan fingerprint density at radius 3 is 2.39 bits per heavy atom. The fourth-order valence-corrected chi connectivity index (χ4v) is 5.51. The highest BCUT2D eigenvalue weighted by Crippen LogP contribution is 2.33. The van der Waals surface area contributed by atoms with Gasteiger partial charge < -0.3 is 35.4 Å². The highest BCUT2D eigenvalue weighted by Gasteiger charge is 2.41. The first-order chi connectivity index (χ1) is 19.6. The molecule has 0 radical (unpaired) electrons. The van der Waals surface area contributed by atoms with Crippen molar-refractivity contribution >= 4 is 23.6 Å². The molecule has 4 N–H and O–H groups in total. The second kappa shape index (κ2) is 11.8. The minimum absolute atomic E-state index is 0.00900. The molecule has 11 nitrogen and oxygen atoms in total. The van der Waals surface area contributed by atoms with Gasteiger partial charge in [0.2, 0.25) is 17.7 Å². The standard InChI is InChI=1S/C30H36N4O7/c1-16(2)26-29(38)32-17(3)30(39)34-15-21(35)14-23(34)28(37)31-9-11-41-25-7-5-19(13-22(25)27(36)33-26)18-4-6-24-20(12-18)8-10-40-24/h4-7,12-13,16-17,21,23,26,35H,8-11,14-15H2,1-3H3,(H,31,37)(H,32,38)(H,33,36)/t17-,21+,23+,26+/m1/s1. The van der Waals surface area contributed by atoms with E-state index in [0.717, 1.165) is 28.9 Å². The number of rotatable bonds is 2. The van der Waals surface area contributed by atoms with Crippen LogP contribution in [0.25, 0.3) is 11.1 Å². The summed E-state index contributed by atoms with van der Waals surface area (Å²) in [6, 6.07) is 8.41. The van der Waals surface area contributed by atoms with Gasteiger partial charge >= 0.3 is 0 Å². The third-order valence-corrected chi connectivity index (χ3v) is 7.74. The van der Waals surface area contributed by atoms with Crippen molar-refractivity contribution in [2.45, 2.75) is 57.8 Å². The second-order valence-electron chi connectivity index (χ2n) is 11.1. The van der Waals surface area contributed by atoms with Crippen LogP contribution < -0.4 is 25.4 Å². The first-order valence-electron chi connectivity index (χ1n) is 14.0. The summed E-state index contributed by atoms with van der Waals surface area (Å²) < 4.78 is 11.6. The van der Waals surface area contributed by atoms with E-state index < -0.39 is 47.9 Å². The number of carbonyl (C=O) groups excluding carboxylic acids is 4. The van der Waals surface area contributed by atoms with Crippen LogP contribution in [0, 0.1) is 5.92 Å². The predicted molar refractivity (Wildman–Crippen MR) is 149 cm³/mol. The van der Waals surface area contributed by atoms with Gasteiger partial charge in [0, 0.05) is 19.4 Å². The van der Waals surface area contributed by atoms with Crippen molar-refractivity contribution < 1.29 is 33.8 Å². The highest BCUT2D eigenvalue weighted by atomic mass is 16.5. The van der Waals surface area contributed by atoms with Gasteiger partial charge in [0.1, 0.15) is 36.2 Å². The van der Waals surface area contributed by atoms with Crippen molar-refractivity contribution in [2.24, 2.45) is 5.92 Å². The Labute approximate surface area is 238 Å². The molecule has 0 aliphatic carbocycles. The van der Waals surface area contributed by atoms with Crippen LogP contribution in [0.5, 0.6) is 11.5 Å². The molecule has 2 aromatic rings. The molecule has 11 heteroatoms. The molecule has 3 aliphatic heterocycles. The number of nitrogens with one attached hydrogen (secondary N) is 3. The van der Waals surface area contributed by atoms with Crippen LogP contribution in [0.4, 0.5) is 0 Å². The van der Waals surface area contributed by atoms with E-state index in [1.807, 2.05) is 24.3 Å². The Hall–Kier alpha value is -4.12. The molecular formula is C30H36N4O7. The largest absolute Gasteiger partial charge is 0.493 e. The summed E-state index contributed by atoms with van der Waals surface area (Å²) in [7, 11) is 0. The third kappa shape index (κ3) is 6.00. The van der Waals surface area contributed by atoms with Crippen LogP contribution >= 0.6 is 0 Å². The fourth-order valence-electron chi connectivity index (χ4n) is 5.51. The minimum atomic E-state index is -0.972. The number of hydrogen-bond acceptors (Lipinski definition) is 7. The van der Waals surface area contributed by atoms with Gasteiger partial charge in [-0.2, -0.15) is 0 Å². The Bertz CT molecular complexity index is 1360. The van der Waals surface area contributed by atoms with E-state index in [4.69, 9.17) is 9.47 Å². The topological polar surface area (TPSA) is 146 Å². The van der Waals surface area contributed by atoms with Crippen molar-refractivity contribution in [2.75, 3.05) is 26.3 Å². The molecule has 3 heterocycles. The lowest BCUT2D eigenvalue weighted by Gasteiger charge is -2.29. The normalized spacial score (nSPS) is 25.3. The van der Waals surface area contributed by atoms with Gasteiger partial charge in [-0.1, -0.05) is 26.0 Å². The lowest BCUT2D eigenvalue weighted by atomic mass is 9.98. The van der Waals surface area contributed by atoms with Gasteiger partial charge in [0.05, 0.1) is 24.8 Å². The summed E-state index contributed by atoms with van der Waals surface area (Å²) in [5, 5.41) is 18.5. The number of fused-ring (bicyclic) bond motifs is 3. The maximum Gasteiger partial charge on any atom is 0.255 e. The summed E-state index contributed by atoms with van der Waals surface area (Å²) in [6.45, 7) is 5.94. The number of carbonyl (C=O) groups is 4. The van der Waals surface area contributed by atoms with Crippen molar-refractivity contribution in [3.05, 3.63) is 47.5 Å². The molecule has 0 spiro atoms. The van der Waals surface area contributed by atoms with Crippen LogP contribution in [0.2, 0.25) is 0 Å². The molecule has 4 atom stereocenters. The van der Waals surface area contributed by atoms with Crippen LogP contribution in [0.15, 0.2) is 36.4 Å². The van der Waals surface area contributed by atoms with E-state index >= 15 is 0 Å². The quantitative estimate of drug-likeness (QED) is 0.426. The van der Waals surface area contributed by atoms with E-state index in [0.29, 0.717) is 12.4 Å². The number of aliphatic hydroxyl groups excluding tert-OH is 1. The molecule has 2 aromatic carbocycles. The first-order valence-corrected chi connectivity index (χ1v) is 14.0. The van der Waals surface area contributed by atoms with Crippen LogP contribution in [-0.4, -0.2) is 84.2 Å². The van der Waals surface area contributed by atoms with Gasteiger partial charge in [0.25, 0.3) is 5.91 Å². The van der Waals surface area contributed by atoms with E-state index in [-0.39, 0.29) is 37.6 Å². The number of amides is 4. The highest BCUT2D eigenvalue weighted by molar-refractivity contribution is 6.01. The van der Waals surface area contributed by atoms with E-state index in [2.05, 4.69) is 16.0 Å². The van der Waals surface area contributed by atoms with Crippen LogP contribution in [0.1, 0.15) is 43.1 Å². The maximum absolute atomic E-state index is 13.6. The van der Waals surface area contributed by atoms with Gasteiger partial charge in [-0.15, -0.1) is 0 Å². The summed E-state index contributed by atoms with van der Waals surface area (Å²) in [5.74, 6) is -1.06. The Kier molecular flexibility index (Phi) is 8.16. The number of nitrogens with zero attached hydrogens (tertiary/aromatic N) is 1. The average molecular weight is 565 g/mol. The Balaban J connectivity index is 1.47. The maximum atomic E-state index is 13.6. The zero-order valence-corrected chi connectivity index (χ0v) is 23.4. The third-order valence-electron chi connectivity index (χ3n) is 7.74. The van der Waals surface area contributed by atoms with Crippen LogP contribution in [0.3, 0.4) is 0 Å². The van der Waals surface area contributed by atoms with Crippen molar-refractivity contribution in [3.63, 3.8) is 0 Å². The number of benzene rings is 2. The van der Waals surface area contributed by atoms with Gasteiger partial charge in [0.15, 0.2) is 0 Å². The van der Waals surface area contributed by atoms with E-state index in [1.54, 1.807) is 26.0 Å². The van der Waals surface area contributed by atoms with Crippen molar-refractivity contribution in [1.29, 1.82) is 0 Å². The van der Waals surface area contributed by atoms with E-state index in [9.17, 15) is 24.3 Å². The molecule has 3 aliphatic rings. The van der Waals surface area contributed by atoms with Gasteiger partial charge in [-0.25, -0.2) is 0 Å². The first kappa shape index (κ1) is 28.4. The van der Waals surface area contributed by atoms with Gasteiger partial charge in [-0.3, -0.25) is 19.2 Å². The number of hydrogen-bond donors (Lipinski definition) is 4. The lowest BCUT2D eigenvalue weighted by molar-refractivity contribution is -0.141. The zero-order chi connectivity index (χ0) is 29.3. The summed E-state index contributed by atoms with van der Waals surface area (Å²) in [6.07, 6.45) is 0.0648. The predicted octanol–water partition coefficient (Wildman–Crippen LogP) is 1.02. The summed E-state index contributed by atoms with van der Waals surface area (Å²) in [4.78, 5) is 54.4. The molecular weight excluding hydrogens is 528 g/mol. The molecule has 0 aromatic heterocycles. The molecule has 218 valence electrons. The minimum Gasteiger partial charge on any atom is -0.493 e. The van der Waals surface area contributed by atoms with Crippen LogP contribution in [-0.2, 0) is 20.8 Å². The molecule has 41 heavy (non-hydrogen) atoms. The molecule has 1 saturated heterocycles. The Morgan fingerprint density at radius 2 is 1.63 bits per heavy atom. The Morgan fingerprint density at radius 1 is 0.927 bits per heavy atom. The summed E-state index contributed by atoms with van der Waals surface area (Å²) in [5.41, 5.74) is 3.05. The van der Waals surface area contributed by atoms with Gasteiger partial charge in [-0.05, 0) is 53.8 Å². The van der Waals surface area contributed by atoms with Crippen molar-refractivity contribution in [1.82, 2.24) is 20.9 Å². The number of aliphatic hydroxyl groups is 1. The average Bonchev–Trinajstić information content (AvgIpc) is 3.58. The molecule has 5 rings (SSSR count). The number of ether oxygens (including phenoxy) is 2. The summed E-state index contributed by atoms with van der Waals surface area (Å²) >= 11 is 0. The zero-order valence-electron chi connectivity index (χ0n) is 23.4. The SMILES string of the molecule is CC(C)[C@@H]1NC(=O)c2cc(-c3ccc4c(c3)CCO4)ccc2OCCNC(=O)[C@@H]2C[C@H](O)CN2C(=O)[C@@H](C)NC1=O. The molecule has 1 fully saturated rings. The molecule has 4 amide bonds. The molecule has 0 unspecified atom stereocenters. The lowest BCUT2D eigenvalue weighted by Crippen LogP contribution is -2.57. The van der Waals surface area contributed by atoms with E-state index in [1.165, 1.54) is 11.8 Å². The molecule has 0 bridgehead atoms. The second-order valence-corrected chi connectivity index (χ2v) is 11.1. The van der Waals surface area contributed by atoms with Crippen molar-refractivity contribution in [3.8, 4) is 22.6 Å². The fraction of sp³-hybridized carbons (Fsp3) is 0.467. The monoisotopic (exact) mass is 564 g/mol. The smallest absolute Gasteiger partial charge is 0.255 e.